The van der Waals surface area contributed by atoms with Gasteiger partial charge in [0.2, 0.25) is 0 Å². The molecule has 0 aromatic heterocycles. The molecule has 0 heterocycles. The Kier molecular flexibility index (Phi) is 3.59. The molecule has 0 spiro atoms. The molecule has 15 heavy (non-hydrogen) atoms. The molecule has 0 aliphatic rings. The number of hydrogen-bond acceptors (Lipinski definition) is 5. The number of aliphatic hydroxyl groups excluding tert-OH is 1. The molecule has 0 unspecified atom stereocenters. The van der Waals surface area contributed by atoms with E-state index >= 15 is 0 Å². The van der Waals surface area contributed by atoms with Gasteiger partial charge in [-0.25, -0.2) is 0 Å². The number of benzene rings is 1. The van der Waals surface area contributed by atoms with Gasteiger partial charge in [-0.2, -0.15) is 0 Å². The van der Waals surface area contributed by atoms with Gasteiger partial charge in [0.1, 0.15) is 0 Å². The second kappa shape index (κ2) is 4.72. The molecule has 0 aliphatic heterocycles. The van der Waals surface area contributed by atoms with Crippen molar-refractivity contribution in [3.63, 3.8) is 0 Å². The first kappa shape index (κ1) is 11.4. The van der Waals surface area contributed by atoms with Gasteiger partial charge in [-0.05, 0) is 11.6 Å². The second-order valence-corrected chi connectivity index (χ2v) is 2.98. The van der Waals surface area contributed by atoms with Crippen LogP contribution in [-0.2, 0) is 0 Å². The molecule has 1 aromatic rings. The summed E-state index contributed by atoms with van der Waals surface area (Å²) in [5.41, 5.74) is 5.89. The van der Waals surface area contributed by atoms with Crippen LogP contribution >= 0.6 is 0 Å². The number of hydrogen-bond donors (Lipinski definition) is 2. The summed E-state index contributed by atoms with van der Waals surface area (Å²) in [6, 6.07) is 3.74. The number of nitro groups is 1. The van der Waals surface area contributed by atoms with Crippen molar-refractivity contribution in [2.75, 3.05) is 13.7 Å². The van der Waals surface area contributed by atoms with E-state index in [2.05, 4.69) is 0 Å². The minimum atomic E-state index is -0.616. The topological polar surface area (TPSA) is 98.6 Å². The Morgan fingerprint density at radius 1 is 1.67 bits per heavy atom. The van der Waals surface area contributed by atoms with Gasteiger partial charge in [0.15, 0.2) is 5.75 Å². The Morgan fingerprint density at radius 3 is 2.80 bits per heavy atom. The fraction of sp³-hybridized carbons (Fsp3) is 0.333. The van der Waals surface area contributed by atoms with Gasteiger partial charge < -0.3 is 15.6 Å². The van der Waals surface area contributed by atoms with Crippen LogP contribution in [0, 0.1) is 10.1 Å². The molecule has 0 aliphatic carbocycles. The number of nitrogens with zero attached hydrogens (tertiary/aromatic N) is 1. The highest BCUT2D eigenvalue weighted by Crippen LogP contribution is 2.29. The highest BCUT2D eigenvalue weighted by atomic mass is 16.6. The van der Waals surface area contributed by atoms with Gasteiger partial charge >= 0.3 is 5.69 Å². The summed E-state index contributed by atoms with van der Waals surface area (Å²) >= 11 is 0. The van der Waals surface area contributed by atoms with Crippen LogP contribution in [0.15, 0.2) is 18.2 Å². The average molecular weight is 212 g/mol. The normalized spacial score (nSPS) is 12.2. The van der Waals surface area contributed by atoms with Gasteiger partial charge in [-0.3, -0.25) is 10.1 Å². The lowest BCUT2D eigenvalue weighted by atomic mass is 10.1. The fourth-order valence-electron chi connectivity index (χ4n) is 1.19. The van der Waals surface area contributed by atoms with Crippen LogP contribution < -0.4 is 10.5 Å². The lowest BCUT2D eigenvalue weighted by molar-refractivity contribution is -0.385. The third-order valence-electron chi connectivity index (χ3n) is 2.02. The van der Waals surface area contributed by atoms with Crippen molar-refractivity contribution < 1.29 is 14.8 Å². The lowest BCUT2D eigenvalue weighted by Crippen LogP contribution is -2.14. The molecule has 1 aromatic carbocycles. The number of ether oxygens (including phenoxy) is 1. The van der Waals surface area contributed by atoms with Crippen LogP contribution in [0.5, 0.6) is 5.75 Å². The number of nitrogens with two attached hydrogens (primary N) is 1. The van der Waals surface area contributed by atoms with Crippen molar-refractivity contribution in [2.24, 2.45) is 5.73 Å². The summed E-state index contributed by atoms with van der Waals surface area (Å²) in [5, 5.41) is 19.5. The molecule has 0 bridgehead atoms. The summed E-state index contributed by atoms with van der Waals surface area (Å²) in [5.74, 6) is 0.175. The maximum Gasteiger partial charge on any atom is 0.311 e. The van der Waals surface area contributed by atoms with E-state index in [0.717, 1.165) is 0 Å². The second-order valence-electron chi connectivity index (χ2n) is 2.98. The third-order valence-corrected chi connectivity index (χ3v) is 2.02. The van der Waals surface area contributed by atoms with E-state index in [1.165, 1.54) is 19.2 Å². The minimum Gasteiger partial charge on any atom is -0.490 e. The Morgan fingerprint density at radius 2 is 2.33 bits per heavy atom. The standard InChI is InChI=1S/C9H12N2O4/c1-15-9-3-2-6(7(10)5-12)4-8(9)11(13)14/h2-4,7,12H,5,10H2,1H3/t7-/m0/s1. The average Bonchev–Trinajstić information content (AvgIpc) is 2.27. The predicted octanol–water partition coefficient (Wildman–Crippen LogP) is 0.595. The smallest absolute Gasteiger partial charge is 0.311 e. The SMILES string of the molecule is COc1ccc([C@@H](N)CO)cc1[N+](=O)[O-]. The van der Waals surface area contributed by atoms with Gasteiger partial charge in [-0.1, -0.05) is 6.07 Å². The zero-order valence-electron chi connectivity index (χ0n) is 8.21. The first-order chi connectivity index (χ1) is 7.10. The molecule has 1 atom stereocenters. The maximum absolute atomic E-state index is 10.7. The molecule has 0 amide bonds. The first-order valence-electron chi connectivity index (χ1n) is 4.29. The number of aliphatic hydroxyl groups is 1. The van der Waals surface area contributed by atoms with Gasteiger partial charge in [0, 0.05) is 6.07 Å². The van der Waals surface area contributed by atoms with Crippen LogP contribution in [0.3, 0.4) is 0 Å². The van der Waals surface area contributed by atoms with E-state index in [-0.39, 0.29) is 18.0 Å². The Labute approximate surface area is 86.4 Å². The van der Waals surface area contributed by atoms with Crippen molar-refractivity contribution in [1.82, 2.24) is 0 Å². The van der Waals surface area contributed by atoms with Crippen LogP contribution in [0.1, 0.15) is 11.6 Å². The first-order valence-corrected chi connectivity index (χ1v) is 4.29. The summed E-state index contributed by atoms with van der Waals surface area (Å²) in [6.07, 6.45) is 0. The molecule has 6 heteroatoms. The molecule has 3 N–H and O–H groups in total. The Balaban J connectivity index is 3.16. The highest BCUT2D eigenvalue weighted by Gasteiger charge is 2.17. The Hall–Kier alpha value is -1.66. The van der Waals surface area contributed by atoms with Gasteiger partial charge in [0.05, 0.1) is 24.7 Å². The molecular weight excluding hydrogens is 200 g/mol. The summed E-state index contributed by atoms with van der Waals surface area (Å²) in [6.45, 7) is -0.260. The molecule has 6 nitrogen and oxygen atoms in total. The largest absolute Gasteiger partial charge is 0.490 e. The minimum absolute atomic E-state index is 0.154. The van der Waals surface area contributed by atoms with E-state index in [4.69, 9.17) is 15.6 Å². The zero-order chi connectivity index (χ0) is 11.4. The predicted molar refractivity (Wildman–Crippen MR) is 53.7 cm³/mol. The molecule has 0 radical (unpaired) electrons. The molecule has 0 fully saturated rings. The molecule has 82 valence electrons. The fourth-order valence-corrected chi connectivity index (χ4v) is 1.19. The van der Waals surface area contributed by atoms with Crippen molar-refractivity contribution >= 4 is 5.69 Å². The van der Waals surface area contributed by atoms with E-state index in [1.807, 2.05) is 0 Å². The summed E-state index contributed by atoms with van der Waals surface area (Å²) in [4.78, 5) is 10.1. The van der Waals surface area contributed by atoms with E-state index in [9.17, 15) is 10.1 Å². The molecular formula is C9H12N2O4. The van der Waals surface area contributed by atoms with E-state index in [1.54, 1.807) is 6.07 Å². The van der Waals surface area contributed by atoms with Crippen LogP contribution in [0.4, 0.5) is 5.69 Å². The molecule has 0 saturated heterocycles. The van der Waals surface area contributed by atoms with E-state index in [0.29, 0.717) is 5.56 Å². The zero-order valence-corrected chi connectivity index (χ0v) is 8.21. The van der Waals surface area contributed by atoms with Crippen LogP contribution in [0.25, 0.3) is 0 Å². The summed E-state index contributed by atoms with van der Waals surface area (Å²) in [7, 11) is 1.36. The Bertz CT molecular complexity index is 367. The quantitative estimate of drug-likeness (QED) is 0.562. The lowest BCUT2D eigenvalue weighted by Gasteiger charge is -2.09. The summed E-state index contributed by atoms with van der Waals surface area (Å²) < 4.78 is 4.83. The van der Waals surface area contributed by atoms with Crippen molar-refractivity contribution in [3.05, 3.63) is 33.9 Å². The highest BCUT2D eigenvalue weighted by molar-refractivity contribution is 5.49. The van der Waals surface area contributed by atoms with Gasteiger partial charge in [-0.15, -0.1) is 0 Å². The van der Waals surface area contributed by atoms with Crippen molar-refractivity contribution in [1.29, 1.82) is 0 Å². The van der Waals surface area contributed by atoms with E-state index < -0.39 is 11.0 Å². The number of nitro benzene ring substituents is 1. The van der Waals surface area contributed by atoms with Crippen molar-refractivity contribution in [3.8, 4) is 5.75 Å². The van der Waals surface area contributed by atoms with Crippen LogP contribution in [0.2, 0.25) is 0 Å². The molecule has 0 saturated carbocycles. The van der Waals surface area contributed by atoms with Crippen molar-refractivity contribution in [2.45, 2.75) is 6.04 Å². The van der Waals surface area contributed by atoms with Crippen LogP contribution in [-0.4, -0.2) is 23.7 Å². The number of methoxy groups -OCH3 is 1. The van der Waals surface area contributed by atoms with Gasteiger partial charge in [0.25, 0.3) is 0 Å². The maximum atomic E-state index is 10.7. The monoisotopic (exact) mass is 212 g/mol. The number of rotatable bonds is 4. The third kappa shape index (κ3) is 2.42. The molecule has 1 rings (SSSR count).